The van der Waals surface area contributed by atoms with E-state index in [0.29, 0.717) is 11.4 Å². The molecule has 0 aromatic heterocycles. The summed E-state index contributed by atoms with van der Waals surface area (Å²) in [6, 6.07) is 4.21. The van der Waals surface area contributed by atoms with Gasteiger partial charge < -0.3 is 19.9 Å². The van der Waals surface area contributed by atoms with Gasteiger partial charge in [-0.2, -0.15) is 0 Å². The molecule has 1 aliphatic rings. The third-order valence-corrected chi connectivity index (χ3v) is 5.64. The number of hydrogen-bond donors (Lipinski definition) is 2. The van der Waals surface area contributed by atoms with Gasteiger partial charge in [0.05, 0.1) is 36.0 Å². The molecule has 9 nitrogen and oxygen atoms in total. The molecule has 0 aliphatic carbocycles. The summed E-state index contributed by atoms with van der Waals surface area (Å²) >= 11 is 11.9. The predicted octanol–water partition coefficient (Wildman–Crippen LogP) is 2.09. The van der Waals surface area contributed by atoms with Crippen molar-refractivity contribution in [2.24, 2.45) is 5.92 Å². The van der Waals surface area contributed by atoms with Gasteiger partial charge in [0.25, 0.3) is 11.9 Å². The van der Waals surface area contributed by atoms with Crippen LogP contribution in [0.15, 0.2) is 18.2 Å². The number of hydrogen-bond acceptors (Lipinski definition) is 7. The Morgan fingerprint density at radius 2 is 1.88 bits per heavy atom. The first-order valence-electron chi connectivity index (χ1n) is 10.6. The van der Waals surface area contributed by atoms with Crippen LogP contribution in [-0.2, 0) is 23.7 Å². The van der Waals surface area contributed by atoms with Crippen LogP contribution >= 0.6 is 23.2 Å². The summed E-state index contributed by atoms with van der Waals surface area (Å²) in [5, 5.41) is 5.70. The van der Waals surface area contributed by atoms with Crippen LogP contribution in [0.4, 0.5) is 0 Å². The van der Waals surface area contributed by atoms with Gasteiger partial charge in [-0.15, -0.1) is 0 Å². The van der Waals surface area contributed by atoms with Gasteiger partial charge in [-0.25, -0.2) is 0 Å². The van der Waals surface area contributed by atoms with E-state index in [0.717, 1.165) is 0 Å². The average Bonchev–Trinajstić information content (AvgIpc) is 2.76. The normalized spacial score (nSPS) is 18.5. The molecule has 2 rings (SSSR count). The van der Waals surface area contributed by atoms with Gasteiger partial charge in [0, 0.05) is 11.1 Å². The van der Waals surface area contributed by atoms with Crippen LogP contribution in [0.3, 0.4) is 0 Å². The second kappa shape index (κ2) is 12.2. The van der Waals surface area contributed by atoms with Crippen LogP contribution in [0.5, 0.6) is 0 Å². The molecule has 33 heavy (non-hydrogen) atoms. The molecule has 0 saturated carbocycles. The highest BCUT2D eigenvalue weighted by Crippen LogP contribution is 2.20. The zero-order chi connectivity index (χ0) is 24.7. The maximum absolute atomic E-state index is 12.6. The maximum Gasteiger partial charge on any atom is 0.622 e. The van der Waals surface area contributed by atoms with Crippen molar-refractivity contribution in [1.82, 2.24) is 15.5 Å². The van der Waals surface area contributed by atoms with E-state index in [1.54, 1.807) is 24.9 Å². The summed E-state index contributed by atoms with van der Waals surface area (Å²) in [6.07, 6.45) is 0.443. The van der Waals surface area contributed by atoms with Gasteiger partial charge in [0.2, 0.25) is 5.91 Å². The fourth-order valence-electron chi connectivity index (χ4n) is 3.22. The van der Waals surface area contributed by atoms with Crippen molar-refractivity contribution in [3.8, 4) is 0 Å². The summed E-state index contributed by atoms with van der Waals surface area (Å²) in [7, 11) is 0.426. The lowest BCUT2D eigenvalue weighted by molar-refractivity contribution is -0.139. The monoisotopic (exact) mass is 499 g/mol. The number of amides is 2. The molecule has 1 aromatic carbocycles. The van der Waals surface area contributed by atoms with Gasteiger partial charge in [-0.05, 0) is 44.5 Å². The molecule has 2 amide bonds. The summed E-state index contributed by atoms with van der Waals surface area (Å²) in [6.45, 7) is 5.24. The van der Waals surface area contributed by atoms with Crippen LogP contribution in [0.1, 0.15) is 44.0 Å². The minimum absolute atomic E-state index is 0.0207. The summed E-state index contributed by atoms with van der Waals surface area (Å²) < 4.78 is 10.8. The van der Waals surface area contributed by atoms with Crippen molar-refractivity contribution in [1.29, 1.82) is 0 Å². The van der Waals surface area contributed by atoms with Gasteiger partial charge >= 0.3 is 13.1 Å². The second-order valence-electron chi connectivity index (χ2n) is 8.43. The van der Waals surface area contributed by atoms with E-state index in [9.17, 15) is 19.2 Å². The average molecular weight is 500 g/mol. The number of carbonyl (C=O) groups is 4. The van der Waals surface area contributed by atoms with Crippen molar-refractivity contribution in [3.63, 3.8) is 0 Å². The highest BCUT2D eigenvalue weighted by Gasteiger charge is 2.41. The third kappa shape index (κ3) is 8.53. The third-order valence-electron chi connectivity index (χ3n) is 5.07. The molecule has 0 unspecified atom stereocenters. The lowest BCUT2D eigenvalue weighted by atomic mass is 9.73. The molecule has 1 fully saturated rings. The predicted molar refractivity (Wildman–Crippen MR) is 125 cm³/mol. The quantitative estimate of drug-likeness (QED) is 0.552. The molecule has 1 aromatic rings. The summed E-state index contributed by atoms with van der Waals surface area (Å²) in [5.74, 6) is -2.95. The Labute approximate surface area is 203 Å². The molecule has 2 N–H and O–H groups in total. The minimum atomic E-state index is -1.28. The van der Waals surface area contributed by atoms with Crippen LogP contribution < -0.4 is 10.6 Å². The van der Waals surface area contributed by atoms with Crippen LogP contribution in [0.2, 0.25) is 10.0 Å². The zero-order valence-electron chi connectivity index (χ0n) is 19.0. The molecule has 1 saturated heterocycles. The lowest BCUT2D eigenvalue weighted by Gasteiger charge is -2.24. The first-order chi connectivity index (χ1) is 15.5. The Hall–Kier alpha value is -2.30. The van der Waals surface area contributed by atoms with Gasteiger partial charge in [-0.3, -0.25) is 24.1 Å². The van der Waals surface area contributed by atoms with Crippen molar-refractivity contribution in [2.75, 3.05) is 20.1 Å². The number of benzene rings is 1. The number of likely N-dealkylation sites (N-methyl/N-ethyl adjacent to an activating group) is 1. The number of carbonyl (C=O) groups excluding carboxylic acids is 4. The number of halogens is 2. The molecule has 2 atom stereocenters. The minimum Gasteiger partial charge on any atom is -0.498 e. The van der Waals surface area contributed by atoms with Crippen molar-refractivity contribution in [2.45, 2.75) is 45.6 Å². The standard InChI is InChI=1S/C21H28BCl2N3O6/c1-12(2)7-17(22-32-19(29)8-13(3)27(4)11-20(30)33-22)26-18(28)10-25-21(31)15-9-14(23)5-6-16(15)24/h5-6,9,12-13,17H,7-8,10-11H2,1-4H3,(H,25,31)(H,26,28)/t13-,17-/m0/s1. The maximum atomic E-state index is 12.6. The van der Waals surface area contributed by atoms with E-state index in [2.05, 4.69) is 10.6 Å². The Balaban J connectivity index is 2.08. The van der Waals surface area contributed by atoms with Crippen LogP contribution in [0, 0.1) is 5.92 Å². The van der Waals surface area contributed by atoms with E-state index in [1.165, 1.54) is 12.1 Å². The smallest absolute Gasteiger partial charge is 0.498 e. The van der Waals surface area contributed by atoms with E-state index in [4.69, 9.17) is 32.5 Å². The molecule has 0 radical (unpaired) electrons. The topological polar surface area (TPSA) is 114 Å². The highest BCUT2D eigenvalue weighted by atomic mass is 35.5. The number of rotatable bonds is 7. The molecule has 1 aliphatic heterocycles. The molecule has 12 heteroatoms. The second-order valence-corrected chi connectivity index (χ2v) is 9.27. The van der Waals surface area contributed by atoms with Crippen molar-refractivity contribution < 1.29 is 28.5 Å². The van der Waals surface area contributed by atoms with Gasteiger partial charge in [0.1, 0.15) is 0 Å². The van der Waals surface area contributed by atoms with Crippen LogP contribution in [0.25, 0.3) is 0 Å². The Bertz CT molecular complexity index is 877. The zero-order valence-corrected chi connectivity index (χ0v) is 20.5. The molecule has 1 heterocycles. The number of nitrogens with zero attached hydrogens (tertiary/aromatic N) is 1. The Morgan fingerprint density at radius 3 is 2.55 bits per heavy atom. The first-order valence-corrected chi connectivity index (χ1v) is 11.3. The van der Waals surface area contributed by atoms with E-state index < -0.39 is 36.8 Å². The lowest BCUT2D eigenvalue weighted by Crippen LogP contribution is -2.53. The fourth-order valence-corrected chi connectivity index (χ4v) is 3.60. The molecule has 0 spiro atoms. The molecular weight excluding hydrogens is 472 g/mol. The van der Waals surface area contributed by atoms with E-state index >= 15 is 0 Å². The van der Waals surface area contributed by atoms with E-state index in [-0.39, 0.29) is 42.1 Å². The van der Waals surface area contributed by atoms with E-state index in [1.807, 2.05) is 13.8 Å². The Morgan fingerprint density at radius 1 is 1.21 bits per heavy atom. The molecule has 180 valence electrons. The largest absolute Gasteiger partial charge is 0.622 e. The summed E-state index contributed by atoms with van der Waals surface area (Å²) in [5.41, 5.74) is 0.132. The summed E-state index contributed by atoms with van der Waals surface area (Å²) in [4.78, 5) is 51.3. The van der Waals surface area contributed by atoms with Crippen LogP contribution in [-0.4, -0.2) is 67.9 Å². The fraction of sp³-hybridized carbons (Fsp3) is 0.524. The van der Waals surface area contributed by atoms with Crippen molar-refractivity contribution >= 4 is 54.1 Å². The Kier molecular flexibility index (Phi) is 10.0. The highest BCUT2D eigenvalue weighted by molar-refractivity contribution is 6.51. The molecular formula is C21H28BCl2N3O6. The van der Waals surface area contributed by atoms with Crippen molar-refractivity contribution in [3.05, 3.63) is 33.8 Å². The molecule has 0 bridgehead atoms. The first kappa shape index (κ1) is 27.0. The van der Waals surface area contributed by atoms with Gasteiger partial charge in [0.15, 0.2) is 0 Å². The SMILES string of the molecule is CC(C)C[C@H](NC(=O)CNC(=O)c1cc(Cl)ccc1Cl)B1OC(=O)C[C@H](C)N(C)CC(=O)O1. The number of nitrogens with one attached hydrogen (secondary N) is 2. The van der Waals surface area contributed by atoms with Gasteiger partial charge in [-0.1, -0.05) is 37.0 Å².